The number of rotatable bonds is 5. The number of benzene rings is 6. The Morgan fingerprint density at radius 1 is 0.447 bits per heavy atom. The van der Waals surface area contributed by atoms with Crippen LogP contribution in [-0.2, 0) is 0 Å². The molecule has 0 spiro atoms. The van der Waals surface area contributed by atoms with Crippen molar-refractivity contribution in [2.24, 2.45) is 0 Å². The van der Waals surface area contributed by atoms with Gasteiger partial charge >= 0.3 is 0 Å². The van der Waals surface area contributed by atoms with Crippen molar-refractivity contribution in [2.45, 2.75) is 0 Å². The highest BCUT2D eigenvalue weighted by Gasteiger charge is 2.19. The summed E-state index contributed by atoms with van der Waals surface area (Å²) in [6, 6.07) is 53.1. The largest absolute Gasteiger partial charge is 0.456 e. The van der Waals surface area contributed by atoms with Gasteiger partial charge in [-0.1, -0.05) is 103 Å². The van der Waals surface area contributed by atoms with Gasteiger partial charge in [-0.15, -0.1) is 0 Å². The minimum atomic E-state index is 0.857. The molecule has 6 aromatic carbocycles. The van der Waals surface area contributed by atoms with Gasteiger partial charge < -0.3 is 9.32 Å². The number of para-hydroxylation sites is 3. The van der Waals surface area contributed by atoms with Crippen LogP contribution in [0.15, 0.2) is 156 Å². The number of anilines is 3. The Morgan fingerprint density at radius 3 is 1.92 bits per heavy atom. The quantitative estimate of drug-likeness (QED) is 0.240. The molecule has 38 heavy (non-hydrogen) atoms. The molecule has 180 valence electrons. The lowest BCUT2D eigenvalue weighted by Crippen LogP contribution is -2.10. The van der Waals surface area contributed by atoms with E-state index >= 15 is 0 Å². The summed E-state index contributed by atoms with van der Waals surface area (Å²) in [4.78, 5) is 2.30. The molecule has 0 saturated heterocycles. The maximum atomic E-state index is 6.31. The van der Waals surface area contributed by atoms with Crippen LogP contribution in [0.1, 0.15) is 0 Å². The molecule has 0 saturated carbocycles. The zero-order valence-electron chi connectivity index (χ0n) is 20.8. The van der Waals surface area contributed by atoms with Crippen molar-refractivity contribution < 1.29 is 4.42 Å². The van der Waals surface area contributed by atoms with Gasteiger partial charge in [-0.05, 0) is 70.4 Å². The Morgan fingerprint density at radius 2 is 1.08 bits per heavy atom. The minimum absolute atomic E-state index is 0.857. The fourth-order valence-electron chi connectivity index (χ4n) is 5.26. The van der Waals surface area contributed by atoms with Crippen molar-refractivity contribution in [3.8, 4) is 22.5 Å². The second-order valence-electron chi connectivity index (χ2n) is 9.41. The van der Waals surface area contributed by atoms with E-state index in [2.05, 4.69) is 138 Å². The SMILES string of the molecule is c1ccc(N(c2ccc(-c3cccc4ccccc34)cc2)c2ccccc2-c2cc3ccccc3o2)cc1. The normalized spacial score (nSPS) is 11.2. The Hall–Kier alpha value is -5.08. The predicted molar refractivity (Wildman–Crippen MR) is 159 cm³/mol. The Labute approximate surface area is 222 Å². The number of fused-ring (bicyclic) bond motifs is 2. The molecule has 0 radical (unpaired) electrons. The van der Waals surface area contributed by atoms with Crippen LogP contribution in [-0.4, -0.2) is 0 Å². The van der Waals surface area contributed by atoms with Gasteiger partial charge in [-0.25, -0.2) is 0 Å². The first-order valence-electron chi connectivity index (χ1n) is 12.9. The highest BCUT2D eigenvalue weighted by Crippen LogP contribution is 2.42. The molecule has 0 atom stereocenters. The van der Waals surface area contributed by atoms with Crippen molar-refractivity contribution in [1.82, 2.24) is 0 Å². The van der Waals surface area contributed by atoms with Crippen LogP contribution in [0.5, 0.6) is 0 Å². The summed E-state index contributed by atoms with van der Waals surface area (Å²) >= 11 is 0. The number of hydrogen-bond acceptors (Lipinski definition) is 2. The van der Waals surface area contributed by atoms with E-state index in [0.717, 1.165) is 39.4 Å². The summed E-state index contributed by atoms with van der Waals surface area (Å²) in [7, 11) is 0. The molecule has 2 nitrogen and oxygen atoms in total. The summed E-state index contributed by atoms with van der Waals surface area (Å²) in [6.45, 7) is 0. The molecular formula is C36H25NO. The van der Waals surface area contributed by atoms with Gasteiger partial charge in [0.25, 0.3) is 0 Å². The smallest absolute Gasteiger partial charge is 0.137 e. The third kappa shape index (κ3) is 3.93. The third-order valence-electron chi connectivity index (χ3n) is 7.08. The van der Waals surface area contributed by atoms with Gasteiger partial charge in [-0.2, -0.15) is 0 Å². The molecule has 0 amide bonds. The molecule has 0 N–H and O–H groups in total. The van der Waals surface area contributed by atoms with E-state index < -0.39 is 0 Å². The second-order valence-corrected chi connectivity index (χ2v) is 9.41. The lowest BCUT2D eigenvalue weighted by Gasteiger charge is -2.27. The maximum absolute atomic E-state index is 6.31. The molecule has 0 aliphatic heterocycles. The zero-order chi connectivity index (χ0) is 25.3. The van der Waals surface area contributed by atoms with E-state index in [-0.39, 0.29) is 0 Å². The molecule has 0 aliphatic rings. The lowest BCUT2D eigenvalue weighted by atomic mass is 9.98. The van der Waals surface area contributed by atoms with Gasteiger partial charge in [-0.3, -0.25) is 0 Å². The van der Waals surface area contributed by atoms with Crippen LogP contribution in [0.4, 0.5) is 17.1 Å². The predicted octanol–water partition coefficient (Wildman–Crippen LogP) is 10.4. The summed E-state index contributed by atoms with van der Waals surface area (Å²) < 4.78 is 6.31. The first kappa shape index (κ1) is 22.1. The number of furan rings is 1. The van der Waals surface area contributed by atoms with E-state index in [1.54, 1.807) is 0 Å². The van der Waals surface area contributed by atoms with Gasteiger partial charge in [0.1, 0.15) is 11.3 Å². The highest BCUT2D eigenvalue weighted by atomic mass is 16.3. The van der Waals surface area contributed by atoms with Crippen molar-refractivity contribution in [1.29, 1.82) is 0 Å². The van der Waals surface area contributed by atoms with E-state index in [1.807, 2.05) is 18.2 Å². The van der Waals surface area contributed by atoms with Crippen LogP contribution < -0.4 is 4.90 Å². The average molecular weight is 488 g/mol. The minimum Gasteiger partial charge on any atom is -0.456 e. The van der Waals surface area contributed by atoms with E-state index in [9.17, 15) is 0 Å². The molecule has 7 rings (SSSR count). The molecule has 0 aliphatic carbocycles. The third-order valence-corrected chi connectivity index (χ3v) is 7.08. The summed E-state index contributed by atoms with van der Waals surface area (Å²) in [5.74, 6) is 0.857. The summed E-state index contributed by atoms with van der Waals surface area (Å²) in [5.41, 5.74) is 7.62. The van der Waals surface area contributed by atoms with Crippen LogP contribution >= 0.6 is 0 Å². The second kappa shape index (κ2) is 9.42. The first-order chi connectivity index (χ1) is 18.8. The Balaban J connectivity index is 1.36. The van der Waals surface area contributed by atoms with Gasteiger partial charge in [0.2, 0.25) is 0 Å². The fraction of sp³-hybridized carbons (Fsp3) is 0. The van der Waals surface area contributed by atoms with Crippen molar-refractivity contribution in [3.63, 3.8) is 0 Å². The van der Waals surface area contributed by atoms with Crippen molar-refractivity contribution >= 4 is 38.8 Å². The van der Waals surface area contributed by atoms with Crippen LogP contribution in [0, 0.1) is 0 Å². The molecule has 0 bridgehead atoms. The van der Waals surface area contributed by atoms with Crippen LogP contribution in [0.2, 0.25) is 0 Å². The summed E-state index contributed by atoms with van der Waals surface area (Å²) in [6.07, 6.45) is 0. The Kier molecular flexibility index (Phi) is 5.49. The zero-order valence-corrected chi connectivity index (χ0v) is 20.8. The molecular weight excluding hydrogens is 462 g/mol. The molecule has 0 fully saturated rings. The monoisotopic (exact) mass is 487 g/mol. The van der Waals surface area contributed by atoms with Gasteiger partial charge in [0, 0.05) is 22.3 Å². The van der Waals surface area contributed by atoms with Crippen LogP contribution in [0.25, 0.3) is 44.2 Å². The first-order valence-corrected chi connectivity index (χ1v) is 12.9. The van der Waals surface area contributed by atoms with Crippen molar-refractivity contribution in [3.05, 3.63) is 152 Å². The average Bonchev–Trinajstić information content (AvgIpc) is 3.43. The molecule has 1 aromatic heterocycles. The molecule has 0 unspecified atom stereocenters. The number of hydrogen-bond donors (Lipinski definition) is 0. The lowest BCUT2D eigenvalue weighted by molar-refractivity contribution is 0.631. The standard InChI is InChI=1S/C36H25NO/c1-2-14-29(15-3-1)37(34-19-8-7-17-33(34)36-25-28-12-5-9-20-35(28)38-36)30-23-21-27(22-24-30)32-18-10-13-26-11-4-6-16-31(26)32/h1-25H. The summed E-state index contributed by atoms with van der Waals surface area (Å²) in [5, 5.41) is 3.61. The Bertz CT molecular complexity index is 1830. The maximum Gasteiger partial charge on any atom is 0.137 e. The number of nitrogens with zero attached hydrogens (tertiary/aromatic N) is 1. The highest BCUT2D eigenvalue weighted by molar-refractivity contribution is 5.97. The van der Waals surface area contributed by atoms with E-state index in [1.165, 1.54) is 21.9 Å². The molecule has 7 aromatic rings. The van der Waals surface area contributed by atoms with Gasteiger partial charge in [0.15, 0.2) is 0 Å². The van der Waals surface area contributed by atoms with Crippen LogP contribution in [0.3, 0.4) is 0 Å². The topological polar surface area (TPSA) is 16.4 Å². The van der Waals surface area contributed by atoms with Crippen molar-refractivity contribution in [2.75, 3.05) is 4.90 Å². The fourth-order valence-corrected chi connectivity index (χ4v) is 5.26. The van der Waals surface area contributed by atoms with E-state index in [4.69, 9.17) is 4.42 Å². The van der Waals surface area contributed by atoms with E-state index in [0.29, 0.717) is 0 Å². The molecule has 1 heterocycles. The van der Waals surface area contributed by atoms with Gasteiger partial charge in [0.05, 0.1) is 5.69 Å². The molecule has 2 heteroatoms.